The monoisotopic (exact) mass is 1420 g/mol. The molecule has 0 saturated heterocycles. The molecule has 0 saturated carbocycles. The molecule has 0 fully saturated rings. The molecule has 25 rings (SSSR count). The largest absolute Gasteiger partial charge is 0.309 e. The Balaban J connectivity index is 0.682. The summed E-state index contributed by atoms with van der Waals surface area (Å²) in [5, 5.41) is 6.70. The molecule has 0 atom stereocenters. The molecular formula is C93H54N18. The smallest absolute Gasteiger partial charge is 0.242 e. The Bertz CT molecular complexity index is 8170. The van der Waals surface area contributed by atoms with E-state index in [1.165, 1.54) is 0 Å². The summed E-state index contributed by atoms with van der Waals surface area (Å²) in [5.74, 6) is 4.79. The maximum atomic E-state index is 5.79. The van der Waals surface area contributed by atoms with E-state index >= 15 is 0 Å². The average Bonchev–Trinajstić information content (AvgIpc) is 1.58. The molecule has 11 heterocycles. The number of fused-ring (bicyclic) bond motifs is 24. The zero-order chi connectivity index (χ0) is 72.3. The van der Waals surface area contributed by atoms with Crippen LogP contribution in [0.4, 0.5) is 0 Å². The van der Waals surface area contributed by atoms with Crippen molar-refractivity contribution in [3.8, 4) is 69.1 Å². The summed E-state index contributed by atoms with van der Waals surface area (Å²) in [4.78, 5) is 50.1. The quantitative estimate of drug-likeness (QED) is 0.137. The van der Waals surface area contributed by atoms with Gasteiger partial charge in [0.15, 0.2) is 11.6 Å². The van der Waals surface area contributed by atoms with Crippen molar-refractivity contribution in [3.63, 3.8) is 0 Å². The van der Waals surface area contributed by atoms with Gasteiger partial charge in [0.05, 0.1) is 111 Å². The molecule has 0 aliphatic rings. The van der Waals surface area contributed by atoms with Crippen LogP contribution in [0.15, 0.2) is 328 Å². The van der Waals surface area contributed by atoms with Gasteiger partial charge in [-0.3, -0.25) is 26.9 Å². The predicted octanol–water partition coefficient (Wildman–Crippen LogP) is 20.6. The lowest BCUT2D eigenvalue weighted by atomic mass is 10.0. The molecule has 111 heavy (non-hydrogen) atoms. The number of rotatable bonds is 9. The number of benzene rings is 14. The van der Waals surface area contributed by atoms with Crippen molar-refractivity contribution >= 4 is 149 Å². The standard InChI is InChI=1S/C93H54N18/c1-10-36-67-57(26-1)58-27-2-11-37-68(58)103(67)73-42-16-7-32-63(73)85-97-87(104-69-38-12-3-28-59(69)60-29-4-13-39-70(60)104)102-90(99-85)111-81-50-24-22-48-79(81)109-83-54-55(52-53-66(83)95-92(109)111)56-34-25-51-82-84(56)96-93-106(76-45-19-20-46-77(76)108(82)93)74-43-17-8-33-64(74)86-98-88(105-71-40-14-5-30-61(71)62-31-6-15-41-72(62)105)101-89(100-86)110-80-49-23-21-47-78(80)107-75-44-18-9-35-65(75)94-91(107)110/h1-54H. The van der Waals surface area contributed by atoms with E-state index in [0.29, 0.717) is 47.0 Å². The normalized spacial score (nSPS) is 12.3. The highest BCUT2D eigenvalue weighted by Gasteiger charge is 2.29. The highest BCUT2D eigenvalue weighted by atomic mass is 15.3. The Labute approximate surface area is 627 Å². The first-order chi connectivity index (χ1) is 55.1. The number of hydrogen-bond donors (Lipinski definition) is 0. The van der Waals surface area contributed by atoms with Gasteiger partial charge in [0.2, 0.25) is 41.1 Å². The minimum atomic E-state index is 0.415. The van der Waals surface area contributed by atoms with Gasteiger partial charge >= 0.3 is 0 Å². The summed E-state index contributed by atoms with van der Waals surface area (Å²) in [6, 6.07) is 114. The second-order valence-electron chi connectivity index (χ2n) is 28.2. The molecule has 0 bridgehead atoms. The van der Waals surface area contributed by atoms with Crippen LogP contribution in [0, 0.1) is 0 Å². The summed E-state index contributed by atoms with van der Waals surface area (Å²) < 4.78 is 19.8. The van der Waals surface area contributed by atoms with Crippen LogP contribution in [0.5, 0.6) is 0 Å². The lowest BCUT2D eigenvalue weighted by Gasteiger charge is -2.15. The van der Waals surface area contributed by atoms with E-state index in [4.69, 9.17) is 44.9 Å². The molecule has 18 heteroatoms. The first kappa shape index (κ1) is 59.6. The summed E-state index contributed by atoms with van der Waals surface area (Å²) >= 11 is 0. The molecular weight excluding hydrogens is 1370 g/mol. The molecule has 0 radical (unpaired) electrons. The molecule has 0 spiro atoms. The maximum absolute atomic E-state index is 5.79. The van der Waals surface area contributed by atoms with Crippen LogP contribution in [-0.2, 0) is 0 Å². The second-order valence-corrected chi connectivity index (χ2v) is 28.2. The van der Waals surface area contributed by atoms with E-state index in [1.54, 1.807) is 0 Å². The second kappa shape index (κ2) is 22.4. The molecule has 0 unspecified atom stereocenters. The van der Waals surface area contributed by atoms with E-state index in [2.05, 4.69) is 356 Å². The third kappa shape index (κ3) is 8.29. The number of nitrogens with zero attached hydrogens (tertiary/aromatic N) is 18. The van der Waals surface area contributed by atoms with Crippen molar-refractivity contribution in [2.45, 2.75) is 0 Å². The van der Waals surface area contributed by atoms with Crippen LogP contribution in [0.3, 0.4) is 0 Å². The molecule has 0 aliphatic heterocycles. The van der Waals surface area contributed by atoms with Crippen LogP contribution in [0.25, 0.3) is 218 Å². The summed E-state index contributed by atoms with van der Waals surface area (Å²) in [7, 11) is 0. The summed E-state index contributed by atoms with van der Waals surface area (Å²) in [6.07, 6.45) is 0. The first-order valence-corrected chi connectivity index (χ1v) is 37.0. The van der Waals surface area contributed by atoms with Gasteiger partial charge < -0.3 is 4.57 Å². The SMILES string of the molecule is c1ccc(-n2c3ccccc3c3ccccc32)c(-c2nc(-n3c4ccccc4c4ccccc43)nc(-n3c4ccccc4n4c5cc(-c6cccc7c6nc6n(-c8ccccc8-c8nc(-n9c%10ccccc%10c%10ccccc%109)nc(-n9c%10ccccc%10n%10c%11ccccc%11nc9%10)n8)c8ccccc8n76)ccc5nc34)n2)c1. The van der Waals surface area contributed by atoms with Crippen molar-refractivity contribution < 1.29 is 0 Å². The van der Waals surface area contributed by atoms with Gasteiger partial charge in [-0.1, -0.05) is 200 Å². The molecule has 0 amide bonds. The predicted molar refractivity (Wildman–Crippen MR) is 442 cm³/mol. The van der Waals surface area contributed by atoms with Crippen LogP contribution >= 0.6 is 0 Å². The van der Waals surface area contributed by atoms with Crippen LogP contribution in [0.1, 0.15) is 0 Å². The van der Waals surface area contributed by atoms with Crippen molar-refractivity contribution in [1.82, 2.24) is 85.5 Å². The van der Waals surface area contributed by atoms with E-state index < -0.39 is 0 Å². The van der Waals surface area contributed by atoms with Gasteiger partial charge in [0.25, 0.3) is 0 Å². The molecule has 0 N–H and O–H groups in total. The number of hydrogen-bond acceptors (Lipinski definition) is 9. The highest BCUT2D eigenvalue weighted by Crippen LogP contribution is 2.43. The minimum Gasteiger partial charge on any atom is -0.309 e. The fourth-order valence-corrected chi connectivity index (χ4v) is 17.7. The van der Waals surface area contributed by atoms with Crippen molar-refractivity contribution in [3.05, 3.63) is 328 Å². The third-order valence-electron chi connectivity index (χ3n) is 22.4. The minimum absolute atomic E-state index is 0.415. The van der Waals surface area contributed by atoms with Crippen molar-refractivity contribution in [2.75, 3.05) is 0 Å². The molecule has 25 aromatic rings. The number of para-hydroxylation sites is 17. The van der Waals surface area contributed by atoms with E-state index in [9.17, 15) is 0 Å². The summed E-state index contributed by atoms with van der Waals surface area (Å²) in [6.45, 7) is 0. The summed E-state index contributed by atoms with van der Waals surface area (Å²) in [5.41, 5.74) is 22.3. The van der Waals surface area contributed by atoms with Crippen molar-refractivity contribution in [1.29, 1.82) is 0 Å². The average molecular weight is 1420 g/mol. The molecule has 18 nitrogen and oxygen atoms in total. The number of aromatic nitrogens is 18. The fraction of sp³-hybridized carbons (Fsp3) is 0. The Morgan fingerprint density at radius 1 is 0.180 bits per heavy atom. The van der Waals surface area contributed by atoms with Gasteiger partial charge in [-0.05, 0) is 133 Å². The van der Waals surface area contributed by atoms with Gasteiger partial charge in [0, 0.05) is 49.0 Å². The van der Waals surface area contributed by atoms with Crippen molar-refractivity contribution in [2.24, 2.45) is 0 Å². The zero-order valence-electron chi connectivity index (χ0n) is 58.7. The Hall–Kier alpha value is -15.7. The zero-order valence-corrected chi connectivity index (χ0v) is 58.7. The Morgan fingerprint density at radius 3 is 0.964 bits per heavy atom. The topological polar surface area (TPSA) is 159 Å². The lowest BCUT2D eigenvalue weighted by Crippen LogP contribution is -2.11. The van der Waals surface area contributed by atoms with Crippen LogP contribution in [0.2, 0.25) is 0 Å². The van der Waals surface area contributed by atoms with Gasteiger partial charge in [-0.2, -0.15) is 29.9 Å². The van der Waals surface area contributed by atoms with E-state index in [0.717, 1.165) is 171 Å². The first-order valence-electron chi connectivity index (χ1n) is 37.0. The van der Waals surface area contributed by atoms with E-state index in [-0.39, 0.29) is 0 Å². The molecule has 516 valence electrons. The van der Waals surface area contributed by atoms with Crippen LogP contribution in [-0.4, -0.2) is 85.5 Å². The Kier molecular flexibility index (Phi) is 12.0. The van der Waals surface area contributed by atoms with Gasteiger partial charge in [0.1, 0.15) is 0 Å². The molecule has 0 aliphatic carbocycles. The maximum Gasteiger partial charge on any atom is 0.242 e. The molecule has 14 aromatic carbocycles. The third-order valence-corrected chi connectivity index (χ3v) is 22.4. The Morgan fingerprint density at radius 2 is 0.495 bits per heavy atom. The van der Waals surface area contributed by atoms with Crippen LogP contribution < -0.4 is 0 Å². The van der Waals surface area contributed by atoms with E-state index in [1.807, 2.05) is 12.1 Å². The molecule has 11 aromatic heterocycles. The fourth-order valence-electron chi connectivity index (χ4n) is 17.7. The lowest BCUT2D eigenvalue weighted by molar-refractivity contribution is 0.883. The number of imidazole rings is 6. The van der Waals surface area contributed by atoms with Gasteiger partial charge in [-0.25, -0.2) is 24.1 Å². The highest BCUT2D eigenvalue weighted by molar-refractivity contribution is 6.12. The van der Waals surface area contributed by atoms with Gasteiger partial charge in [-0.15, -0.1) is 0 Å².